The Kier molecular flexibility index (Phi) is 5.06. The zero-order valence-electron chi connectivity index (χ0n) is 14.1. The van der Waals surface area contributed by atoms with Gasteiger partial charge in [0.2, 0.25) is 0 Å². The third-order valence-electron chi connectivity index (χ3n) is 5.01. The summed E-state index contributed by atoms with van der Waals surface area (Å²) in [4.78, 5) is 48.2. The van der Waals surface area contributed by atoms with Crippen LogP contribution in [0.25, 0.3) is 0 Å². The second kappa shape index (κ2) is 7.25. The number of imide groups is 1. The fraction of sp³-hybridized carbons (Fsp3) is 0.647. The largest absolute Gasteiger partial charge is 0.455 e. The Balaban J connectivity index is 1.47. The number of urea groups is 1. The summed E-state index contributed by atoms with van der Waals surface area (Å²) in [6.07, 6.45) is 9.99. The number of allylic oxidation sites excluding steroid dienone is 2. The summed E-state index contributed by atoms with van der Waals surface area (Å²) in [7, 11) is 0. The van der Waals surface area contributed by atoms with E-state index in [1.807, 2.05) is 12.2 Å². The van der Waals surface area contributed by atoms with Gasteiger partial charge in [-0.05, 0) is 31.6 Å². The van der Waals surface area contributed by atoms with Crippen molar-refractivity contribution in [1.29, 1.82) is 0 Å². The summed E-state index contributed by atoms with van der Waals surface area (Å²) in [5, 5.41) is 3.40. The number of rotatable bonds is 5. The van der Waals surface area contributed by atoms with Crippen molar-refractivity contribution >= 4 is 23.8 Å². The van der Waals surface area contributed by atoms with E-state index < -0.39 is 36.0 Å². The number of amides is 4. The van der Waals surface area contributed by atoms with Crippen molar-refractivity contribution in [3.05, 3.63) is 12.2 Å². The monoisotopic (exact) mass is 349 g/mol. The van der Waals surface area contributed by atoms with Crippen LogP contribution in [0, 0.1) is 5.92 Å². The molecule has 8 nitrogen and oxygen atoms in total. The predicted octanol–water partition coefficient (Wildman–Crippen LogP) is 1.17. The number of carbonyl (C=O) groups excluding carboxylic acids is 4. The van der Waals surface area contributed by atoms with E-state index in [0.717, 1.165) is 32.1 Å². The molecule has 0 aromatic carbocycles. The van der Waals surface area contributed by atoms with Crippen LogP contribution in [0.5, 0.6) is 0 Å². The molecule has 0 aromatic rings. The summed E-state index contributed by atoms with van der Waals surface area (Å²) < 4.78 is 4.93. The van der Waals surface area contributed by atoms with Crippen molar-refractivity contribution in [2.45, 2.75) is 56.9 Å². The van der Waals surface area contributed by atoms with Crippen LogP contribution in [0.15, 0.2) is 12.2 Å². The van der Waals surface area contributed by atoms with Gasteiger partial charge in [0.1, 0.15) is 5.54 Å². The molecule has 1 saturated carbocycles. The molecule has 0 radical (unpaired) electrons. The van der Waals surface area contributed by atoms with Crippen molar-refractivity contribution in [2.24, 2.45) is 5.92 Å². The van der Waals surface area contributed by atoms with Crippen LogP contribution in [0.2, 0.25) is 0 Å². The zero-order chi connectivity index (χ0) is 17.9. The number of ether oxygens (including phenoxy) is 1. The molecular formula is C17H23N3O5. The molecule has 2 aliphatic carbocycles. The summed E-state index contributed by atoms with van der Waals surface area (Å²) >= 11 is 0. The van der Waals surface area contributed by atoms with Crippen molar-refractivity contribution in [1.82, 2.24) is 15.8 Å². The lowest BCUT2D eigenvalue weighted by atomic mass is 9.82. The first kappa shape index (κ1) is 17.4. The van der Waals surface area contributed by atoms with Gasteiger partial charge in [0.15, 0.2) is 6.61 Å². The van der Waals surface area contributed by atoms with Crippen LogP contribution in [-0.4, -0.2) is 41.0 Å². The van der Waals surface area contributed by atoms with E-state index in [9.17, 15) is 19.2 Å². The van der Waals surface area contributed by atoms with Crippen LogP contribution < -0.4 is 10.7 Å². The first-order valence-corrected chi connectivity index (χ1v) is 8.79. The van der Waals surface area contributed by atoms with E-state index in [1.165, 1.54) is 0 Å². The van der Waals surface area contributed by atoms with Crippen molar-refractivity contribution in [3.63, 3.8) is 0 Å². The maximum absolute atomic E-state index is 12.5. The molecule has 136 valence electrons. The molecule has 0 unspecified atom stereocenters. The second-order valence-corrected chi connectivity index (χ2v) is 6.88. The van der Waals surface area contributed by atoms with Gasteiger partial charge in [-0.2, -0.15) is 5.01 Å². The fourth-order valence-electron chi connectivity index (χ4n) is 3.66. The minimum absolute atomic E-state index is 0.160. The molecule has 4 amide bonds. The molecule has 1 atom stereocenters. The lowest BCUT2D eigenvalue weighted by molar-refractivity contribution is -0.151. The Morgan fingerprint density at radius 2 is 2.04 bits per heavy atom. The van der Waals surface area contributed by atoms with Crippen molar-refractivity contribution in [2.75, 3.05) is 6.61 Å². The second-order valence-electron chi connectivity index (χ2n) is 6.88. The molecule has 0 aromatic heterocycles. The third kappa shape index (κ3) is 3.83. The molecule has 3 aliphatic rings. The number of hydrogen-bond acceptors (Lipinski definition) is 5. The van der Waals surface area contributed by atoms with E-state index >= 15 is 0 Å². The van der Waals surface area contributed by atoms with Gasteiger partial charge in [-0.3, -0.25) is 19.8 Å². The van der Waals surface area contributed by atoms with E-state index in [-0.39, 0.29) is 12.3 Å². The van der Waals surface area contributed by atoms with Gasteiger partial charge < -0.3 is 10.1 Å². The molecule has 25 heavy (non-hydrogen) atoms. The van der Waals surface area contributed by atoms with Gasteiger partial charge >= 0.3 is 12.0 Å². The summed E-state index contributed by atoms with van der Waals surface area (Å²) in [5.74, 6) is -1.44. The van der Waals surface area contributed by atoms with Gasteiger partial charge in [0, 0.05) is 0 Å². The van der Waals surface area contributed by atoms with Gasteiger partial charge in [-0.1, -0.05) is 31.4 Å². The highest BCUT2D eigenvalue weighted by atomic mass is 16.5. The van der Waals surface area contributed by atoms with E-state index in [1.54, 1.807) is 0 Å². The van der Waals surface area contributed by atoms with Crippen LogP contribution in [0.1, 0.15) is 51.4 Å². The van der Waals surface area contributed by atoms with Gasteiger partial charge in [-0.25, -0.2) is 4.79 Å². The Labute approximate surface area is 145 Å². The SMILES string of the molecule is O=C(COC(=O)C[C@H]1C=CCC1)NN1C(=O)NC2(CCCCC2)C1=O. The Morgan fingerprint density at radius 1 is 1.28 bits per heavy atom. The molecule has 1 saturated heterocycles. The number of hydrazine groups is 1. The van der Waals surface area contributed by atoms with Crippen LogP contribution in [0.3, 0.4) is 0 Å². The molecule has 0 bridgehead atoms. The standard InChI is InChI=1S/C17H23N3O5/c21-13(11-25-14(22)10-12-6-2-3-7-12)19-20-15(23)17(18-16(20)24)8-4-1-5-9-17/h2,6,12H,1,3-5,7-11H2,(H,18,24)(H,19,21)/t12-/m0/s1. The molecule has 2 fully saturated rings. The number of hydrogen-bond donors (Lipinski definition) is 2. The molecule has 1 heterocycles. The maximum atomic E-state index is 12.5. The van der Waals surface area contributed by atoms with Crippen molar-refractivity contribution in [3.8, 4) is 0 Å². The van der Waals surface area contributed by atoms with Crippen LogP contribution in [0.4, 0.5) is 4.79 Å². The molecule has 1 spiro atoms. The van der Waals surface area contributed by atoms with Crippen molar-refractivity contribution < 1.29 is 23.9 Å². The van der Waals surface area contributed by atoms with E-state index in [0.29, 0.717) is 17.9 Å². The molecule has 3 rings (SSSR count). The highest BCUT2D eigenvalue weighted by Gasteiger charge is 2.52. The zero-order valence-corrected chi connectivity index (χ0v) is 14.1. The Hall–Kier alpha value is -2.38. The Morgan fingerprint density at radius 3 is 2.72 bits per heavy atom. The quantitative estimate of drug-likeness (QED) is 0.440. The fourth-order valence-corrected chi connectivity index (χ4v) is 3.66. The average Bonchev–Trinajstić information content (AvgIpc) is 3.17. The van der Waals surface area contributed by atoms with Gasteiger partial charge in [0.05, 0.1) is 6.42 Å². The Bertz CT molecular complexity index is 609. The number of nitrogens with zero attached hydrogens (tertiary/aromatic N) is 1. The summed E-state index contributed by atoms with van der Waals surface area (Å²) in [6.45, 7) is -0.515. The minimum atomic E-state index is -0.895. The normalized spacial score (nSPS) is 24.5. The molecular weight excluding hydrogens is 326 g/mol. The van der Waals surface area contributed by atoms with E-state index in [2.05, 4.69) is 10.7 Å². The van der Waals surface area contributed by atoms with Gasteiger partial charge in [-0.15, -0.1) is 0 Å². The predicted molar refractivity (Wildman–Crippen MR) is 86.8 cm³/mol. The number of carbonyl (C=O) groups is 4. The summed E-state index contributed by atoms with van der Waals surface area (Å²) in [5.41, 5.74) is 1.35. The number of nitrogens with one attached hydrogen (secondary N) is 2. The third-order valence-corrected chi connectivity index (χ3v) is 5.01. The highest BCUT2D eigenvalue weighted by molar-refractivity contribution is 6.08. The van der Waals surface area contributed by atoms with Crippen LogP contribution in [-0.2, 0) is 19.1 Å². The first-order valence-electron chi connectivity index (χ1n) is 8.79. The van der Waals surface area contributed by atoms with Gasteiger partial charge in [0.25, 0.3) is 11.8 Å². The lowest BCUT2D eigenvalue weighted by Crippen LogP contribution is -2.51. The first-order chi connectivity index (χ1) is 12.0. The maximum Gasteiger partial charge on any atom is 0.344 e. The highest BCUT2D eigenvalue weighted by Crippen LogP contribution is 2.32. The smallest absolute Gasteiger partial charge is 0.344 e. The lowest BCUT2D eigenvalue weighted by Gasteiger charge is -2.30. The molecule has 8 heteroatoms. The average molecular weight is 349 g/mol. The molecule has 1 aliphatic heterocycles. The molecule has 2 N–H and O–H groups in total. The summed E-state index contributed by atoms with van der Waals surface area (Å²) in [6, 6.07) is -0.636. The topological polar surface area (TPSA) is 105 Å². The van der Waals surface area contributed by atoms with E-state index in [4.69, 9.17) is 4.74 Å². The van der Waals surface area contributed by atoms with Crippen LogP contribution >= 0.6 is 0 Å². The number of esters is 1. The minimum Gasteiger partial charge on any atom is -0.455 e.